The maximum absolute atomic E-state index is 13.1. The molecule has 0 unspecified atom stereocenters. The zero-order chi connectivity index (χ0) is 17.4. The van der Waals surface area contributed by atoms with E-state index in [-0.39, 0.29) is 12.2 Å². The Morgan fingerprint density at radius 1 is 1.20 bits per heavy atom. The van der Waals surface area contributed by atoms with Crippen LogP contribution in [0.3, 0.4) is 0 Å². The molecule has 4 rings (SSSR count). The predicted molar refractivity (Wildman–Crippen MR) is 91.8 cm³/mol. The van der Waals surface area contributed by atoms with E-state index in [0.29, 0.717) is 49.1 Å². The number of ether oxygens (including phenoxy) is 3. The second-order valence-electron chi connectivity index (χ2n) is 6.63. The highest BCUT2D eigenvalue weighted by molar-refractivity contribution is 6.07. The third-order valence-electron chi connectivity index (χ3n) is 5.14. The van der Waals surface area contributed by atoms with Gasteiger partial charge in [-0.3, -0.25) is 4.79 Å². The molecule has 3 heterocycles. The van der Waals surface area contributed by atoms with Crippen molar-refractivity contribution in [2.24, 2.45) is 5.92 Å². The molecule has 6 heteroatoms. The first-order chi connectivity index (χ1) is 12.2. The molecule has 2 saturated heterocycles. The fourth-order valence-electron chi connectivity index (χ4n) is 3.77. The summed E-state index contributed by atoms with van der Waals surface area (Å²) >= 11 is 0. The number of carbonyl (C=O) groups excluding carboxylic acids is 1. The summed E-state index contributed by atoms with van der Waals surface area (Å²) in [4.78, 5) is 15.0. The molecule has 0 radical (unpaired) electrons. The number of aryl methyl sites for hydroxylation is 1. The second-order valence-corrected chi connectivity index (χ2v) is 6.63. The van der Waals surface area contributed by atoms with Crippen molar-refractivity contribution in [2.45, 2.75) is 26.1 Å². The first-order valence-corrected chi connectivity index (χ1v) is 8.77. The quantitative estimate of drug-likeness (QED) is 0.856. The van der Waals surface area contributed by atoms with Crippen molar-refractivity contribution in [3.63, 3.8) is 0 Å². The number of hydrogen-bond acceptors (Lipinski definition) is 5. The van der Waals surface area contributed by atoms with Crippen LogP contribution >= 0.6 is 0 Å². The van der Waals surface area contributed by atoms with Crippen molar-refractivity contribution in [2.75, 3.05) is 33.4 Å². The van der Waals surface area contributed by atoms with E-state index in [0.717, 1.165) is 24.0 Å². The molecular weight excluding hydrogens is 322 g/mol. The number of methoxy groups -OCH3 is 1. The van der Waals surface area contributed by atoms with Gasteiger partial charge < -0.3 is 23.5 Å². The third kappa shape index (κ3) is 3.00. The van der Waals surface area contributed by atoms with E-state index in [1.807, 2.05) is 30.0 Å². The minimum absolute atomic E-state index is 0.0243. The molecular formula is C19H23NO5. The highest BCUT2D eigenvalue weighted by atomic mass is 16.7. The summed E-state index contributed by atoms with van der Waals surface area (Å²) < 4.78 is 22.3. The van der Waals surface area contributed by atoms with Crippen LogP contribution in [0.1, 0.15) is 29.0 Å². The van der Waals surface area contributed by atoms with Gasteiger partial charge in [-0.15, -0.1) is 0 Å². The number of nitrogens with zero attached hydrogens (tertiary/aromatic N) is 1. The summed E-state index contributed by atoms with van der Waals surface area (Å²) in [5, 5.41) is 0.812. The number of rotatable bonds is 3. The van der Waals surface area contributed by atoms with Crippen LogP contribution in [0.25, 0.3) is 11.0 Å². The van der Waals surface area contributed by atoms with Crippen LogP contribution in [-0.2, 0) is 9.47 Å². The first kappa shape index (κ1) is 16.4. The van der Waals surface area contributed by atoms with Gasteiger partial charge in [0, 0.05) is 24.4 Å². The molecule has 2 aliphatic rings. The second kappa shape index (κ2) is 6.69. The average Bonchev–Trinajstić information content (AvgIpc) is 3.28. The molecule has 0 atom stereocenters. The zero-order valence-corrected chi connectivity index (χ0v) is 14.6. The molecule has 2 aromatic rings. The van der Waals surface area contributed by atoms with Crippen LogP contribution in [0.15, 0.2) is 22.6 Å². The van der Waals surface area contributed by atoms with Crippen molar-refractivity contribution >= 4 is 16.9 Å². The Hall–Kier alpha value is -2.05. The Bertz CT molecular complexity index is 769. The number of likely N-dealkylation sites (tertiary alicyclic amines) is 1. The van der Waals surface area contributed by atoms with Gasteiger partial charge in [0.1, 0.15) is 17.1 Å². The average molecular weight is 345 g/mol. The van der Waals surface area contributed by atoms with E-state index in [4.69, 9.17) is 18.6 Å². The normalized spacial score (nSPS) is 19.7. The summed E-state index contributed by atoms with van der Waals surface area (Å²) in [6.45, 7) is 4.61. The summed E-state index contributed by atoms with van der Waals surface area (Å²) in [7, 11) is 1.62. The van der Waals surface area contributed by atoms with E-state index in [9.17, 15) is 4.79 Å². The van der Waals surface area contributed by atoms with Gasteiger partial charge in [0.15, 0.2) is 6.29 Å². The molecule has 0 spiro atoms. The number of piperidine rings is 1. The Kier molecular flexibility index (Phi) is 4.39. The molecule has 1 aromatic carbocycles. The minimum atomic E-state index is -0.0991. The Morgan fingerprint density at radius 2 is 1.92 bits per heavy atom. The third-order valence-corrected chi connectivity index (χ3v) is 5.14. The highest BCUT2D eigenvalue weighted by Gasteiger charge is 2.33. The van der Waals surface area contributed by atoms with Crippen LogP contribution < -0.4 is 4.74 Å². The Labute approximate surface area is 146 Å². The fourth-order valence-corrected chi connectivity index (χ4v) is 3.77. The van der Waals surface area contributed by atoms with Crippen LogP contribution in [0.5, 0.6) is 5.75 Å². The van der Waals surface area contributed by atoms with Crippen molar-refractivity contribution in [1.29, 1.82) is 0 Å². The Balaban J connectivity index is 1.53. The van der Waals surface area contributed by atoms with Crippen molar-refractivity contribution in [3.05, 3.63) is 29.5 Å². The van der Waals surface area contributed by atoms with Gasteiger partial charge in [0.05, 0.1) is 25.9 Å². The number of carbonyl (C=O) groups is 1. The van der Waals surface area contributed by atoms with E-state index < -0.39 is 0 Å². The lowest BCUT2D eigenvalue weighted by molar-refractivity contribution is -0.0956. The monoisotopic (exact) mass is 345 g/mol. The molecule has 0 aliphatic carbocycles. The van der Waals surface area contributed by atoms with Crippen molar-refractivity contribution in [1.82, 2.24) is 4.90 Å². The molecule has 134 valence electrons. The predicted octanol–water partition coefficient (Wildman–Crippen LogP) is 2.97. The first-order valence-electron chi connectivity index (χ1n) is 8.77. The summed E-state index contributed by atoms with van der Waals surface area (Å²) in [5.74, 6) is 1.76. The molecule has 2 aliphatic heterocycles. The van der Waals surface area contributed by atoms with Crippen molar-refractivity contribution < 1.29 is 23.4 Å². The van der Waals surface area contributed by atoms with E-state index in [2.05, 4.69) is 0 Å². The number of furan rings is 1. The van der Waals surface area contributed by atoms with Crippen LogP contribution in [0, 0.1) is 12.8 Å². The summed E-state index contributed by atoms with van der Waals surface area (Å²) in [6.07, 6.45) is 1.70. The zero-order valence-electron chi connectivity index (χ0n) is 14.6. The summed E-state index contributed by atoms with van der Waals surface area (Å²) in [6, 6.07) is 5.55. The van der Waals surface area contributed by atoms with Crippen molar-refractivity contribution in [3.8, 4) is 5.75 Å². The van der Waals surface area contributed by atoms with Crippen LogP contribution in [-0.4, -0.2) is 50.5 Å². The standard InChI is InChI=1S/C19H23NO5/c1-12-17(15-11-14(22-2)3-4-16(15)25-12)18(21)20-7-5-13(6-8-20)19-23-9-10-24-19/h3-4,11,13,19H,5-10H2,1-2H3. The topological polar surface area (TPSA) is 61.1 Å². The van der Waals surface area contributed by atoms with Gasteiger partial charge in [0.25, 0.3) is 5.91 Å². The molecule has 6 nitrogen and oxygen atoms in total. The molecule has 0 bridgehead atoms. The van der Waals surface area contributed by atoms with Gasteiger partial charge in [-0.05, 0) is 38.0 Å². The largest absolute Gasteiger partial charge is 0.497 e. The SMILES string of the molecule is COc1ccc2oc(C)c(C(=O)N3CCC(C4OCCO4)CC3)c2c1. The van der Waals surface area contributed by atoms with Gasteiger partial charge in [-0.1, -0.05) is 0 Å². The van der Waals surface area contributed by atoms with Crippen LogP contribution in [0.4, 0.5) is 0 Å². The number of hydrogen-bond donors (Lipinski definition) is 0. The molecule has 1 amide bonds. The lowest BCUT2D eigenvalue weighted by Gasteiger charge is -2.33. The minimum Gasteiger partial charge on any atom is -0.497 e. The molecule has 0 saturated carbocycles. The van der Waals surface area contributed by atoms with Gasteiger partial charge in [-0.25, -0.2) is 0 Å². The maximum atomic E-state index is 13.1. The molecule has 25 heavy (non-hydrogen) atoms. The van der Waals surface area contributed by atoms with Gasteiger partial charge >= 0.3 is 0 Å². The number of amides is 1. The lowest BCUT2D eigenvalue weighted by atomic mass is 9.95. The van der Waals surface area contributed by atoms with E-state index in [1.54, 1.807) is 7.11 Å². The molecule has 0 N–H and O–H groups in total. The van der Waals surface area contributed by atoms with Gasteiger partial charge in [-0.2, -0.15) is 0 Å². The lowest BCUT2D eigenvalue weighted by Crippen LogP contribution is -2.41. The molecule has 2 fully saturated rings. The smallest absolute Gasteiger partial charge is 0.258 e. The highest BCUT2D eigenvalue weighted by Crippen LogP contribution is 2.32. The fraction of sp³-hybridized carbons (Fsp3) is 0.526. The number of fused-ring (bicyclic) bond motifs is 1. The Morgan fingerprint density at radius 3 is 2.60 bits per heavy atom. The van der Waals surface area contributed by atoms with E-state index >= 15 is 0 Å². The number of benzene rings is 1. The van der Waals surface area contributed by atoms with E-state index in [1.165, 1.54) is 0 Å². The summed E-state index contributed by atoms with van der Waals surface area (Å²) in [5.41, 5.74) is 1.35. The molecule has 1 aromatic heterocycles. The van der Waals surface area contributed by atoms with Gasteiger partial charge in [0.2, 0.25) is 0 Å². The van der Waals surface area contributed by atoms with Crippen LogP contribution in [0.2, 0.25) is 0 Å². The maximum Gasteiger partial charge on any atom is 0.258 e.